The van der Waals surface area contributed by atoms with Gasteiger partial charge in [0.05, 0.1) is 0 Å². The Morgan fingerprint density at radius 2 is 1.76 bits per heavy atom. The van der Waals surface area contributed by atoms with Crippen LogP contribution in [0.1, 0.15) is 24.0 Å². The topological polar surface area (TPSA) is 32.3 Å². The minimum Gasteiger partial charge on any atom is -0.352 e. The van der Waals surface area contributed by atoms with Crippen molar-refractivity contribution in [3.8, 4) is 0 Å². The van der Waals surface area contributed by atoms with E-state index in [0.29, 0.717) is 31.7 Å². The highest BCUT2D eigenvalue weighted by atomic mass is 19.2. The molecule has 1 saturated heterocycles. The first-order valence-corrected chi connectivity index (χ1v) is 8.60. The molecule has 25 heavy (non-hydrogen) atoms. The van der Waals surface area contributed by atoms with Gasteiger partial charge >= 0.3 is 0 Å². The van der Waals surface area contributed by atoms with E-state index < -0.39 is 11.6 Å². The van der Waals surface area contributed by atoms with Gasteiger partial charge in [-0.2, -0.15) is 0 Å². The van der Waals surface area contributed by atoms with E-state index >= 15 is 0 Å². The molecule has 5 heteroatoms. The van der Waals surface area contributed by atoms with E-state index in [2.05, 4.69) is 10.2 Å². The van der Waals surface area contributed by atoms with Gasteiger partial charge in [-0.05, 0) is 37.6 Å². The molecule has 2 aromatic carbocycles. The molecule has 3 nitrogen and oxygen atoms in total. The second-order valence-electron chi connectivity index (χ2n) is 6.47. The number of rotatable bonds is 5. The largest absolute Gasteiger partial charge is 0.352 e. The van der Waals surface area contributed by atoms with Crippen LogP contribution in [0, 0.1) is 17.6 Å². The Morgan fingerprint density at radius 3 is 2.48 bits per heavy atom. The predicted octanol–water partition coefficient (Wildman–Crippen LogP) is 3.49. The Labute approximate surface area is 146 Å². The van der Waals surface area contributed by atoms with E-state index in [1.54, 1.807) is 6.07 Å². The highest BCUT2D eigenvalue weighted by Crippen LogP contribution is 2.21. The monoisotopic (exact) mass is 344 g/mol. The molecule has 0 radical (unpaired) electrons. The van der Waals surface area contributed by atoms with E-state index in [4.69, 9.17) is 0 Å². The molecule has 1 heterocycles. The van der Waals surface area contributed by atoms with Gasteiger partial charge in [-0.25, -0.2) is 8.78 Å². The third kappa shape index (κ3) is 4.63. The van der Waals surface area contributed by atoms with Crippen molar-refractivity contribution in [2.45, 2.75) is 25.9 Å². The predicted molar refractivity (Wildman–Crippen MR) is 92.6 cm³/mol. The van der Waals surface area contributed by atoms with Gasteiger partial charge in [0.1, 0.15) is 0 Å². The summed E-state index contributed by atoms with van der Waals surface area (Å²) in [4.78, 5) is 14.4. The molecule has 1 N–H and O–H groups in total. The van der Waals surface area contributed by atoms with Crippen molar-refractivity contribution in [2.75, 3.05) is 13.1 Å². The molecule has 0 aliphatic carbocycles. The van der Waals surface area contributed by atoms with Crippen molar-refractivity contribution >= 4 is 5.91 Å². The van der Waals surface area contributed by atoms with E-state index in [9.17, 15) is 13.6 Å². The van der Waals surface area contributed by atoms with Gasteiger partial charge < -0.3 is 5.32 Å². The standard InChI is InChI=1S/C20H22F2N2O/c21-18-8-4-7-17(19(18)22)14-24-11-9-16(10-12-24)20(25)23-13-15-5-2-1-3-6-15/h1-8,16H,9-14H2,(H,23,25). The van der Waals surface area contributed by atoms with Crippen LogP contribution in [0.3, 0.4) is 0 Å². The van der Waals surface area contributed by atoms with Gasteiger partial charge in [-0.1, -0.05) is 42.5 Å². The zero-order valence-electron chi connectivity index (χ0n) is 14.1. The number of carbonyl (C=O) groups is 1. The summed E-state index contributed by atoms with van der Waals surface area (Å²) in [5.41, 5.74) is 1.45. The minimum absolute atomic E-state index is 0.0164. The SMILES string of the molecule is O=C(NCc1ccccc1)C1CCN(Cc2cccc(F)c2F)CC1. The Balaban J connectivity index is 1.46. The fourth-order valence-corrected chi connectivity index (χ4v) is 3.19. The number of likely N-dealkylation sites (tertiary alicyclic amines) is 1. The second-order valence-corrected chi connectivity index (χ2v) is 6.47. The number of hydrogen-bond acceptors (Lipinski definition) is 2. The van der Waals surface area contributed by atoms with Crippen LogP contribution in [0.5, 0.6) is 0 Å². The van der Waals surface area contributed by atoms with Crippen molar-refractivity contribution in [2.24, 2.45) is 5.92 Å². The maximum Gasteiger partial charge on any atom is 0.223 e. The van der Waals surface area contributed by atoms with Crippen LogP contribution in [0.25, 0.3) is 0 Å². The van der Waals surface area contributed by atoms with Crippen molar-refractivity contribution < 1.29 is 13.6 Å². The molecule has 0 spiro atoms. The number of carbonyl (C=O) groups excluding carboxylic acids is 1. The maximum absolute atomic E-state index is 13.8. The summed E-state index contributed by atoms with van der Waals surface area (Å²) in [5.74, 6) is -1.53. The number of nitrogens with zero attached hydrogens (tertiary/aromatic N) is 1. The first-order chi connectivity index (χ1) is 12.1. The summed E-state index contributed by atoms with van der Waals surface area (Å²) in [7, 11) is 0. The molecular formula is C20H22F2N2O. The Morgan fingerprint density at radius 1 is 1.04 bits per heavy atom. The quantitative estimate of drug-likeness (QED) is 0.900. The zero-order chi connectivity index (χ0) is 17.6. The van der Waals surface area contributed by atoms with E-state index in [0.717, 1.165) is 24.5 Å². The molecule has 0 atom stereocenters. The average molecular weight is 344 g/mol. The molecule has 2 aromatic rings. The second kappa shape index (κ2) is 8.21. The van der Waals surface area contributed by atoms with Crippen molar-refractivity contribution in [1.29, 1.82) is 0 Å². The molecule has 0 unspecified atom stereocenters. The lowest BCUT2D eigenvalue weighted by molar-refractivity contribution is -0.126. The highest BCUT2D eigenvalue weighted by molar-refractivity contribution is 5.78. The summed E-state index contributed by atoms with van der Waals surface area (Å²) < 4.78 is 27.0. The summed E-state index contributed by atoms with van der Waals surface area (Å²) in [6.07, 6.45) is 1.47. The lowest BCUT2D eigenvalue weighted by atomic mass is 9.95. The number of halogens is 2. The number of amides is 1. The lowest BCUT2D eigenvalue weighted by Gasteiger charge is -2.31. The van der Waals surface area contributed by atoms with Crippen LogP contribution in [-0.2, 0) is 17.9 Å². The van der Waals surface area contributed by atoms with Crippen LogP contribution < -0.4 is 5.32 Å². The van der Waals surface area contributed by atoms with Gasteiger partial charge in [-0.15, -0.1) is 0 Å². The van der Waals surface area contributed by atoms with Crippen molar-refractivity contribution in [1.82, 2.24) is 10.2 Å². The van der Waals surface area contributed by atoms with Gasteiger partial charge in [0.15, 0.2) is 11.6 Å². The Bertz CT molecular complexity index is 713. The number of hydrogen-bond donors (Lipinski definition) is 1. The van der Waals surface area contributed by atoms with Crippen LogP contribution in [-0.4, -0.2) is 23.9 Å². The van der Waals surface area contributed by atoms with Crippen LogP contribution in [0.15, 0.2) is 48.5 Å². The molecule has 1 aliphatic heterocycles. The van der Waals surface area contributed by atoms with E-state index in [1.807, 2.05) is 30.3 Å². The average Bonchev–Trinajstić information content (AvgIpc) is 2.65. The molecule has 1 fully saturated rings. The third-order valence-corrected chi connectivity index (χ3v) is 4.69. The number of piperidine rings is 1. The maximum atomic E-state index is 13.8. The smallest absolute Gasteiger partial charge is 0.223 e. The third-order valence-electron chi connectivity index (χ3n) is 4.69. The summed E-state index contributed by atoms with van der Waals surface area (Å²) in [5, 5.41) is 2.98. The summed E-state index contributed by atoms with van der Waals surface area (Å²) >= 11 is 0. The molecule has 0 saturated carbocycles. The molecule has 3 rings (SSSR count). The first kappa shape index (κ1) is 17.5. The van der Waals surface area contributed by atoms with Gasteiger partial charge in [0.2, 0.25) is 5.91 Å². The van der Waals surface area contributed by atoms with Crippen LogP contribution >= 0.6 is 0 Å². The Kier molecular flexibility index (Phi) is 5.76. The molecule has 1 aliphatic rings. The molecule has 132 valence electrons. The molecule has 0 aromatic heterocycles. The Hall–Kier alpha value is -2.27. The molecule has 0 bridgehead atoms. The van der Waals surface area contributed by atoms with Gasteiger partial charge in [0, 0.05) is 24.6 Å². The van der Waals surface area contributed by atoms with E-state index in [-0.39, 0.29) is 11.8 Å². The van der Waals surface area contributed by atoms with Crippen molar-refractivity contribution in [3.63, 3.8) is 0 Å². The van der Waals surface area contributed by atoms with Gasteiger partial charge in [0.25, 0.3) is 0 Å². The number of benzene rings is 2. The minimum atomic E-state index is -0.812. The fourth-order valence-electron chi connectivity index (χ4n) is 3.19. The number of nitrogens with one attached hydrogen (secondary N) is 1. The van der Waals surface area contributed by atoms with Gasteiger partial charge in [-0.3, -0.25) is 9.69 Å². The van der Waals surface area contributed by atoms with Crippen LogP contribution in [0.4, 0.5) is 8.78 Å². The fraction of sp³-hybridized carbons (Fsp3) is 0.350. The summed E-state index contributed by atoms with van der Waals surface area (Å²) in [6, 6.07) is 14.1. The zero-order valence-corrected chi connectivity index (χ0v) is 14.1. The molecule has 1 amide bonds. The molecular weight excluding hydrogens is 322 g/mol. The lowest BCUT2D eigenvalue weighted by Crippen LogP contribution is -2.40. The van der Waals surface area contributed by atoms with E-state index in [1.165, 1.54) is 6.07 Å². The van der Waals surface area contributed by atoms with Crippen molar-refractivity contribution in [3.05, 3.63) is 71.3 Å². The first-order valence-electron chi connectivity index (χ1n) is 8.60. The normalized spacial score (nSPS) is 15.9. The van der Waals surface area contributed by atoms with Crippen LogP contribution in [0.2, 0.25) is 0 Å². The highest BCUT2D eigenvalue weighted by Gasteiger charge is 2.25. The summed E-state index contributed by atoms with van der Waals surface area (Å²) in [6.45, 7) is 2.33.